The minimum atomic E-state index is -4.06. The summed E-state index contributed by atoms with van der Waals surface area (Å²) >= 11 is 12.7. The van der Waals surface area contributed by atoms with Gasteiger partial charge in [-0.25, -0.2) is 8.42 Å². The highest BCUT2D eigenvalue weighted by atomic mass is 35.5. The van der Waals surface area contributed by atoms with Crippen molar-refractivity contribution in [2.24, 2.45) is 5.92 Å². The zero-order chi connectivity index (χ0) is 35.5. The van der Waals surface area contributed by atoms with E-state index in [1.54, 1.807) is 32.3 Å². The Morgan fingerprint density at radius 1 is 1.06 bits per heavy atom. The van der Waals surface area contributed by atoms with Crippen molar-refractivity contribution in [2.75, 3.05) is 27.2 Å². The molecule has 1 aliphatic heterocycles. The van der Waals surface area contributed by atoms with Gasteiger partial charge < -0.3 is 24.3 Å². The number of hydrogen-bond acceptors (Lipinski definition) is 8. The highest BCUT2D eigenvalue weighted by molar-refractivity contribution is 7.88. The van der Waals surface area contributed by atoms with E-state index in [1.807, 2.05) is 0 Å². The van der Waals surface area contributed by atoms with Crippen LogP contribution in [0.5, 0.6) is 11.5 Å². The number of ether oxygens (including phenoxy) is 3. The van der Waals surface area contributed by atoms with Crippen molar-refractivity contribution in [1.82, 2.24) is 9.21 Å². The molecule has 2 fully saturated rings. The third kappa shape index (κ3) is 9.90. The fourth-order valence-electron chi connectivity index (χ4n) is 5.54. The zero-order valence-electron chi connectivity index (χ0n) is 27.2. The van der Waals surface area contributed by atoms with Crippen molar-refractivity contribution in [3.8, 4) is 11.5 Å². The first-order chi connectivity index (χ1) is 23.2. The van der Waals surface area contributed by atoms with E-state index in [0.29, 0.717) is 27.8 Å². The van der Waals surface area contributed by atoms with E-state index >= 15 is 0 Å². The van der Waals surface area contributed by atoms with Crippen molar-refractivity contribution >= 4 is 58.6 Å². The van der Waals surface area contributed by atoms with Crippen LogP contribution in [0.4, 0.5) is 8.78 Å². The summed E-state index contributed by atoms with van der Waals surface area (Å²) in [6.07, 6.45) is 3.31. The maximum absolute atomic E-state index is 13.8. The number of nitrogens with zero attached hydrogens (tertiary/aromatic N) is 3. The second-order valence-corrected chi connectivity index (χ2v) is 14.9. The van der Waals surface area contributed by atoms with Crippen LogP contribution in [0.2, 0.25) is 10.0 Å². The lowest BCUT2D eigenvalue weighted by Crippen LogP contribution is -2.42. The van der Waals surface area contributed by atoms with Crippen LogP contribution in [0.3, 0.4) is 0 Å². The summed E-state index contributed by atoms with van der Waals surface area (Å²) in [7, 11) is -0.881. The minimum Gasteiger partial charge on any atom is -0.619 e. The van der Waals surface area contributed by atoms with Crippen LogP contribution in [0.1, 0.15) is 58.8 Å². The van der Waals surface area contributed by atoms with E-state index in [4.69, 9.17) is 32.7 Å². The fourth-order valence-corrected chi connectivity index (χ4v) is 7.89. The summed E-state index contributed by atoms with van der Waals surface area (Å²) in [6.45, 7) is -2.77. The molecule has 2 aromatic carbocycles. The number of sulfonamides is 1. The lowest BCUT2D eigenvalue weighted by molar-refractivity contribution is -0.605. The molecule has 2 atom stereocenters. The molecule has 1 saturated heterocycles. The van der Waals surface area contributed by atoms with Crippen LogP contribution in [0, 0.1) is 11.1 Å². The largest absolute Gasteiger partial charge is 0.619 e. The molecule has 0 N–H and O–H groups in total. The number of rotatable bonds is 14. The molecule has 0 unspecified atom stereocenters. The number of carbonyl (C=O) groups is 2. The molecule has 0 spiro atoms. The molecule has 1 aromatic heterocycles. The molecule has 5 rings (SSSR count). The molecule has 1 amide bonds. The molecular formula is C33H37Cl2F2N3O8S2. The van der Waals surface area contributed by atoms with Crippen molar-refractivity contribution in [2.45, 2.75) is 56.6 Å². The second kappa shape index (κ2) is 16.8. The molecule has 0 radical (unpaired) electrons. The number of amides is 1. The first-order valence-corrected chi connectivity index (χ1v) is 17.9. The Kier molecular flexibility index (Phi) is 13.2. The number of halogens is 4. The van der Waals surface area contributed by atoms with Gasteiger partial charge in [-0.2, -0.15) is 31.3 Å². The average molecular weight is 777 g/mol. The number of benzene rings is 2. The molecule has 1 saturated carbocycles. The average Bonchev–Trinajstić information content (AvgIpc) is 3.72. The molecule has 272 valence electrons. The van der Waals surface area contributed by atoms with E-state index in [1.165, 1.54) is 29.2 Å². The first-order valence-electron chi connectivity index (χ1n) is 15.5. The molecule has 11 nitrogen and oxygen atoms in total. The number of alkyl halides is 2. The van der Waals surface area contributed by atoms with Gasteiger partial charge in [-0.3, -0.25) is 9.59 Å². The van der Waals surface area contributed by atoms with Crippen LogP contribution in [-0.4, -0.2) is 69.4 Å². The predicted molar refractivity (Wildman–Crippen MR) is 186 cm³/mol. The molecule has 0 bridgehead atoms. The Morgan fingerprint density at radius 2 is 1.76 bits per heavy atom. The highest BCUT2D eigenvalue weighted by Gasteiger charge is 2.41. The summed E-state index contributed by atoms with van der Waals surface area (Å²) < 4.78 is 71.7. The quantitative estimate of drug-likeness (QED) is 0.117. The summed E-state index contributed by atoms with van der Waals surface area (Å²) in [5.41, 5.74) is 1.27. The third-order valence-electron chi connectivity index (χ3n) is 8.19. The molecule has 3 aromatic rings. The maximum atomic E-state index is 13.8. The number of carbonyl (C=O) groups excluding carboxylic acids is 2. The van der Waals surface area contributed by atoms with E-state index < -0.39 is 40.5 Å². The maximum Gasteiger partial charge on any atom is 0.387 e. The monoisotopic (exact) mass is 775 g/mol. The van der Waals surface area contributed by atoms with Gasteiger partial charge in [0.15, 0.2) is 23.9 Å². The molecule has 1 aliphatic carbocycles. The van der Waals surface area contributed by atoms with E-state index in [9.17, 15) is 32.0 Å². The Labute approximate surface area is 306 Å². The lowest BCUT2D eigenvalue weighted by atomic mass is 10.0. The van der Waals surface area contributed by atoms with Crippen LogP contribution in [0.15, 0.2) is 54.9 Å². The van der Waals surface area contributed by atoms with Crippen molar-refractivity contribution in [1.29, 1.82) is 0 Å². The highest BCUT2D eigenvalue weighted by Crippen LogP contribution is 2.38. The van der Waals surface area contributed by atoms with Gasteiger partial charge in [0.25, 0.3) is 5.91 Å². The van der Waals surface area contributed by atoms with Gasteiger partial charge in [0.05, 0.1) is 12.4 Å². The first kappa shape index (κ1) is 39.4. The zero-order valence-corrected chi connectivity index (χ0v) is 30.5. The van der Waals surface area contributed by atoms with E-state index in [2.05, 4.69) is 4.74 Å². The normalized spacial score (nSPS) is 16.8. The van der Waals surface area contributed by atoms with Crippen LogP contribution in [-0.2, 0) is 31.7 Å². The van der Waals surface area contributed by atoms with Crippen molar-refractivity contribution < 1.29 is 45.7 Å². The Balaban J connectivity index is 0.00000562. The minimum absolute atomic E-state index is 0. The molecule has 50 heavy (non-hydrogen) atoms. The number of aromatic nitrogens is 1. The van der Waals surface area contributed by atoms with Crippen molar-refractivity contribution in [3.05, 3.63) is 92.4 Å². The Hall–Kier alpha value is -3.37. The van der Waals surface area contributed by atoms with Crippen LogP contribution in [0.25, 0.3) is 0 Å². The summed E-state index contributed by atoms with van der Waals surface area (Å²) in [5, 5.41) is 11.9. The van der Waals surface area contributed by atoms with Gasteiger partial charge in [-0.05, 0) is 67.0 Å². The van der Waals surface area contributed by atoms with Crippen LogP contribution < -0.4 is 14.2 Å². The number of esters is 1. The lowest BCUT2D eigenvalue weighted by Gasteiger charge is -2.26. The van der Waals surface area contributed by atoms with Gasteiger partial charge in [0, 0.05) is 38.2 Å². The Morgan fingerprint density at radius 3 is 2.40 bits per heavy atom. The molecule has 2 heterocycles. The smallest absolute Gasteiger partial charge is 0.387 e. The summed E-state index contributed by atoms with van der Waals surface area (Å²) in [5.74, 6) is -1.51. The van der Waals surface area contributed by atoms with Gasteiger partial charge in [0.1, 0.15) is 22.2 Å². The van der Waals surface area contributed by atoms with E-state index in [-0.39, 0.29) is 78.4 Å². The summed E-state index contributed by atoms with van der Waals surface area (Å²) in [4.78, 5) is 27.7. The van der Waals surface area contributed by atoms with Crippen molar-refractivity contribution in [3.63, 3.8) is 0 Å². The van der Waals surface area contributed by atoms with E-state index in [0.717, 1.165) is 29.5 Å². The number of pyridine rings is 1. The van der Waals surface area contributed by atoms with Crippen LogP contribution >= 0.6 is 36.7 Å². The van der Waals surface area contributed by atoms with Gasteiger partial charge >= 0.3 is 12.6 Å². The summed E-state index contributed by atoms with van der Waals surface area (Å²) in [6, 6.07) is 9.21. The fraction of sp³-hybridized carbons (Fsp3) is 0.424. The van der Waals surface area contributed by atoms with Gasteiger partial charge in [0.2, 0.25) is 10.0 Å². The Bertz CT molecular complexity index is 1790. The second-order valence-electron chi connectivity index (χ2n) is 12.2. The number of hydrogen-bond donors (Lipinski definition) is 0. The molecule has 17 heteroatoms. The molecular weight excluding hydrogens is 739 g/mol. The standard InChI is InChI=1S/C33H35Cl2F2N3O8S.H2S/c1-38(2)31(41)23-6-3-5-21(13-23)19-49(44,45)40-12-4-7-27(40)32(42)47-29(15-24-25(34)16-39(43)17-26(24)35)22-10-11-28(48-33(36)37)30(14-22)46-18-20-8-9-20;/h3,5-6,10-11,13-14,16-17,20,27,29,33H,4,7-9,12,15,18-19H2,1-2H3;1H2/t27-,29-;/m0./s1. The topological polar surface area (TPSA) is 129 Å². The third-order valence-corrected chi connectivity index (χ3v) is 10.7. The molecule has 2 aliphatic rings. The van der Waals surface area contributed by atoms with Gasteiger partial charge in [-0.1, -0.05) is 41.4 Å². The SMILES string of the molecule is CN(C)C(=O)c1cccc(CS(=O)(=O)N2CCC[C@H]2C(=O)O[C@@H](Cc2c(Cl)c[n+]([O-])cc2Cl)c2ccc(OC(F)F)c(OCC3CC3)c2)c1.S. The predicted octanol–water partition coefficient (Wildman–Crippen LogP) is 5.65. The van der Waals surface area contributed by atoms with Gasteiger partial charge in [-0.15, -0.1) is 0 Å².